The maximum atomic E-state index is 12.1. The standard InChI is InChI=1S/C23H32O4/c1-14-12-22(26)13-15(24)4-8-20(22,2)16-5-9-21(3)17(19(14)16)6-10-23(21)11-7-18(25)27-23/h5,14,17,19,26H,4,6-13H2,1-3H3/t14-,17+,19-,20-,21+,22-,23-/m1/s1. The van der Waals surface area contributed by atoms with Crippen LogP contribution in [-0.2, 0) is 14.3 Å². The van der Waals surface area contributed by atoms with Gasteiger partial charge in [0.15, 0.2) is 0 Å². The van der Waals surface area contributed by atoms with Crippen LogP contribution in [0, 0.1) is 28.6 Å². The second kappa shape index (κ2) is 5.25. The first kappa shape index (κ1) is 17.9. The highest BCUT2D eigenvalue weighted by Gasteiger charge is 2.68. The van der Waals surface area contributed by atoms with E-state index in [2.05, 4.69) is 26.8 Å². The van der Waals surface area contributed by atoms with E-state index in [0.717, 1.165) is 32.1 Å². The number of carbonyl (C=O) groups is 2. The fourth-order valence-corrected chi connectivity index (χ4v) is 8.02. The van der Waals surface area contributed by atoms with Gasteiger partial charge in [-0.3, -0.25) is 9.59 Å². The number of fused-ring (bicyclic) bond motifs is 6. The van der Waals surface area contributed by atoms with Gasteiger partial charge in [0.05, 0.1) is 5.60 Å². The van der Waals surface area contributed by atoms with Crippen molar-refractivity contribution >= 4 is 11.8 Å². The molecule has 0 aromatic rings. The number of esters is 1. The molecule has 0 radical (unpaired) electrons. The van der Waals surface area contributed by atoms with Gasteiger partial charge >= 0.3 is 5.97 Å². The lowest BCUT2D eigenvalue weighted by molar-refractivity contribution is -0.168. The molecule has 4 nitrogen and oxygen atoms in total. The van der Waals surface area contributed by atoms with Crippen molar-refractivity contribution in [3.05, 3.63) is 11.6 Å². The molecule has 1 spiro atoms. The van der Waals surface area contributed by atoms with E-state index >= 15 is 0 Å². The highest BCUT2D eigenvalue weighted by Crippen LogP contribution is 2.69. The van der Waals surface area contributed by atoms with Gasteiger partial charge in [0.1, 0.15) is 11.4 Å². The van der Waals surface area contributed by atoms with Gasteiger partial charge in [-0.2, -0.15) is 0 Å². The van der Waals surface area contributed by atoms with E-state index in [1.165, 1.54) is 5.57 Å². The summed E-state index contributed by atoms with van der Waals surface area (Å²) in [5.41, 5.74) is -0.0683. The minimum Gasteiger partial charge on any atom is -0.458 e. The number of allylic oxidation sites excluding steroid dienone is 1. The minimum absolute atomic E-state index is 0.00209. The van der Waals surface area contributed by atoms with Gasteiger partial charge in [0.2, 0.25) is 0 Å². The first-order valence-electron chi connectivity index (χ1n) is 10.8. The Morgan fingerprint density at radius 2 is 1.93 bits per heavy atom. The molecule has 1 heterocycles. The molecule has 0 aromatic heterocycles. The highest BCUT2D eigenvalue weighted by molar-refractivity contribution is 5.81. The third-order valence-electron chi connectivity index (χ3n) is 9.63. The molecule has 0 aromatic carbocycles. The first-order chi connectivity index (χ1) is 12.6. The van der Waals surface area contributed by atoms with E-state index in [0.29, 0.717) is 43.4 Å². The molecule has 0 bridgehead atoms. The van der Waals surface area contributed by atoms with Gasteiger partial charge in [-0.25, -0.2) is 0 Å². The van der Waals surface area contributed by atoms with Crippen molar-refractivity contribution in [3.8, 4) is 0 Å². The quantitative estimate of drug-likeness (QED) is 0.516. The molecular formula is C23H32O4. The SMILES string of the molecule is C[C@@H]1C[C@@]2(O)CC(=O)CC[C@]2(C)C2=CC[C@@]3(C)[C@@H](CC[C@@]34CCC(=O)O4)[C@@H]21. The lowest BCUT2D eigenvalue weighted by atomic mass is 9.44. The van der Waals surface area contributed by atoms with Crippen molar-refractivity contribution in [1.82, 2.24) is 0 Å². The summed E-state index contributed by atoms with van der Waals surface area (Å²) in [5.74, 6) is 1.45. The van der Waals surface area contributed by atoms with Gasteiger partial charge in [0, 0.05) is 30.1 Å². The topological polar surface area (TPSA) is 63.6 Å². The lowest BCUT2D eigenvalue weighted by Gasteiger charge is -2.61. The summed E-state index contributed by atoms with van der Waals surface area (Å²) in [7, 11) is 0. The summed E-state index contributed by atoms with van der Waals surface area (Å²) >= 11 is 0. The van der Waals surface area contributed by atoms with E-state index in [9.17, 15) is 14.7 Å². The summed E-state index contributed by atoms with van der Waals surface area (Å²) in [5, 5.41) is 11.5. The monoisotopic (exact) mass is 372 g/mol. The summed E-state index contributed by atoms with van der Waals surface area (Å²) in [6.07, 6.45) is 9.16. The van der Waals surface area contributed by atoms with Crippen LogP contribution in [0.5, 0.6) is 0 Å². The van der Waals surface area contributed by atoms with Crippen molar-refractivity contribution in [1.29, 1.82) is 0 Å². The van der Waals surface area contributed by atoms with Crippen molar-refractivity contribution in [3.63, 3.8) is 0 Å². The van der Waals surface area contributed by atoms with Crippen molar-refractivity contribution in [2.24, 2.45) is 28.6 Å². The van der Waals surface area contributed by atoms with Crippen LogP contribution in [0.3, 0.4) is 0 Å². The van der Waals surface area contributed by atoms with Crippen LogP contribution in [0.2, 0.25) is 0 Å². The van der Waals surface area contributed by atoms with Gasteiger partial charge < -0.3 is 9.84 Å². The first-order valence-corrected chi connectivity index (χ1v) is 10.8. The number of rotatable bonds is 0. The Bertz CT molecular complexity index is 755. The zero-order valence-electron chi connectivity index (χ0n) is 16.8. The molecule has 1 aliphatic heterocycles. The number of carbonyl (C=O) groups excluding carboxylic acids is 2. The van der Waals surface area contributed by atoms with Crippen molar-refractivity contribution < 1.29 is 19.4 Å². The average molecular weight is 373 g/mol. The van der Waals surface area contributed by atoms with Crippen LogP contribution in [0.1, 0.15) is 78.6 Å². The van der Waals surface area contributed by atoms with Gasteiger partial charge in [-0.15, -0.1) is 0 Å². The lowest BCUT2D eigenvalue weighted by Crippen LogP contribution is -2.61. The number of ketones is 1. The number of aliphatic hydroxyl groups is 1. The molecule has 7 atom stereocenters. The predicted molar refractivity (Wildman–Crippen MR) is 101 cm³/mol. The molecule has 0 unspecified atom stereocenters. The number of ether oxygens (including phenoxy) is 1. The van der Waals surface area contributed by atoms with E-state index in [1.54, 1.807) is 0 Å². The summed E-state index contributed by atoms with van der Waals surface area (Å²) < 4.78 is 6.00. The molecule has 1 saturated heterocycles. The molecule has 3 saturated carbocycles. The number of Topliss-reactive ketones (excluding diaryl/α,β-unsaturated/α-hetero) is 1. The Morgan fingerprint density at radius 3 is 2.63 bits per heavy atom. The van der Waals surface area contributed by atoms with Crippen LogP contribution in [0.25, 0.3) is 0 Å². The van der Waals surface area contributed by atoms with Crippen LogP contribution in [0.4, 0.5) is 0 Å². The Morgan fingerprint density at radius 1 is 1.15 bits per heavy atom. The van der Waals surface area contributed by atoms with E-state index in [1.807, 2.05) is 0 Å². The molecule has 5 rings (SSSR count). The van der Waals surface area contributed by atoms with Crippen molar-refractivity contribution in [2.75, 3.05) is 0 Å². The smallest absolute Gasteiger partial charge is 0.306 e. The van der Waals surface area contributed by atoms with Gasteiger partial charge in [-0.1, -0.05) is 32.4 Å². The van der Waals surface area contributed by atoms with E-state index in [-0.39, 0.29) is 28.2 Å². The fourth-order valence-electron chi connectivity index (χ4n) is 8.02. The second-order valence-electron chi connectivity index (χ2n) is 10.7. The zero-order valence-corrected chi connectivity index (χ0v) is 16.8. The Labute approximate surface area is 161 Å². The third kappa shape index (κ3) is 2.03. The van der Waals surface area contributed by atoms with Crippen molar-refractivity contribution in [2.45, 2.75) is 89.8 Å². The van der Waals surface area contributed by atoms with Gasteiger partial charge in [-0.05, 0) is 56.3 Å². The number of hydrogen-bond acceptors (Lipinski definition) is 4. The number of hydrogen-bond donors (Lipinski definition) is 1. The van der Waals surface area contributed by atoms with Crippen LogP contribution in [0.15, 0.2) is 11.6 Å². The minimum atomic E-state index is -0.895. The molecule has 4 heteroatoms. The van der Waals surface area contributed by atoms with Crippen LogP contribution >= 0.6 is 0 Å². The Kier molecular flexibility index (Phi) is 3.48. The molecule has 148 valence electrons. The zero-order chi connectivity index (χ0) is 19.2. The maximum absolute atomic E-state index is 12.1. The Balaban J connectivity index is 1.58. The van der Waals surface area contributed by atoms with Crippen LogP contribution in [-0.4, -0.2) is 28.1 Å². The molecule has 1 N–H and O–H groups in total. The third-order valence-corrected chi connectivity index (χ3v) is 9.63. The van der Waals surface area contributed by atoms with Gasteiger partial charge in [0.25, 0.3) is 0 Å². The maximum Gasteiger partial charge on any atom is 0.306 e. The largest absolute Gasteiger partial charge is 0.458 e. The summed E-state index contributed by atoms with van der Waals surface area (Å²) in [6, 6.07) is 0. The molecule has 5 aliphatic rings. The summed E-state index contributed by atoms with van der Waals surface area (Å²) in [6.45, 7) is 6.80. The summed E-state index contributed by atoms with van der Waals surface area (Å²) in [4.78, 5) is 24.1. The average Bonchev–Trinajstić information content (AvgIpc) is 3.11. The molecule has 27 heavy (non-hydrogen) atoms. The second-order valence-corrected chi connectivity index (χ2v) is 10.7. The molecule has 4 aliphatic carbocycles. The Hall–Kier alpha value is -1.16. The predicted octanol–water partition coefficient (Wildman–Crippen LogP) is 3.96. The molecular weight excluding hydrogens is 340 g/mol. The highest BCUT2D eigenvalue weighted by atomic mass is 16.6. The molecule has 0 amide bonds. The van der Waals surface area contributed by atoms with E-state index in [4.69, 9.17) is 4.74 Å². The van der Waals surface area contributed by atoms with Crippen LogP contribution < -0.4 is 0 Å². The molecule has 4 fully saturated rings. The van der Waals surface area contributed by atoms with E-state index < -0.39 is 5.60 Å². The normalized spacial score (nSPS) is 54.2. The fraction of sp³-hybridized carbons (Fsp3) is 0.826.